The number of benzene rings is 1. The Labute approximate surface area is 250 Å². The van der Waals surface area contributed by atoms with Crippen LogP contribution in [0.5, 0.6) is 0 Å². The van der Waals surface area contributed by atoms with Crippen molar-refractivity contribution in [3.63, 3.8) is 0 Å². The SMILES string of the molecule is CC(C)CC[C@@]1(C)C(=O)C(C2=NS(=O)(=O)c3c(CNS(=O)(=O)CCN4CCOCC4)csc3N2)C(=O)c2ccccc21. The Morgan fingerprint density at radius 1 is 1.21 bits per heavy atom. The highest BCUT2D eigenvalue weighted by Crippen LogP contribution is 2.44. The van der Waals surface area contributed by atoms with Crippen molar-refractivity contribution in [2.24, 2.45) is 16.2 Å². The first kappa shape index (κ1) is 31.0. The fraction of sp³-hybridized carbons (Fsp3) is 0.536. The number of thiophene rings is 1. The van der Waals surface area contributed by atoms with Crippen molar-refractivity contribution in [1.29, 1.82) is 0 Å². The van der Waals surface area contributed by atoms with Gasteiger partial charge in [-0.25, -0.2) is 13.1 Å². The lowest BCUT2D eigenvalue weighted by Crippen LogP contribution is -2.51. The second-order valence-corrected chi connectivity index (χ2v) is 15.9. The molecule has 1 aromatic carbocycles. The number of nitrogens with one attached hydrogen (secondary N) is 2. The number of carbonyl (C=O) groups is 2. The zero-order valence-electron chi connectivity index (χ0n) is 23.9. The van der Waals surface area contributed by atoms with E-state index in [1.54, 1.807) is 29.6 Å². The van der Waals surface area contributed by atoms with Crippen LogP contribution in [0.4, 0.5) is 5.00 Å². The Balaban J connectivity index is 1.38. The highest BCUT2D eigenvalue weighted by molar-refractivity contribution is 7.91. The van der Waals surface area contributed by atoms with Gasteiger partial charge in [-0.3, -0.25) is 14.5 Å². The molecule has 0 spiro atoms. The summed E-state index contributed by atoms with van der Waals surface area (Å²) < 4.78 is 63.9. The van der Waals surface area contributed by atoms with Crippen LogP contribution in [0, 0.1) is 11.8 Å². The van der Waals surface area contributed by atoms with E-state index in [0.717, 1.165) is 17.8 Å². The van der Waals surface area contributed by atoms with Crippen molar-refractivity contribution < 1.29 is 31.2 Å². The van der Waals surface area contributed by atoms with Gasteiger partial charge in [0.05, 0.1) is 24.4 Å². The number of sulfonamides is 2. The zero-order valence-corrected chi connectivity index (χ0v) is 26.3. The van der Waals surface area contributed by atoms with Gasteiger partial charge >= 0.3 is 0 Å². The second-order valence-electron chi connectivity index (χ2n) is 11.6. The maximum atomic E-state index is 14.0. The topological polar surface area (TPSA) is 151 Å². The number of amidine groups is 1. The van der Waals surface area contributed by atoms with E-state index in [-0.39, 0.29) is 39.4 Å². The van der Waals surface area contributed by atoms with Gasteiger partial charge in [-0.05, 0) is 36.6 Å². The second kappa shape index (κ2) is 11.9. The van der Waals surface area contributed by atoms with Crippen LogP contribution in [-0.2, 0) is 41.5 Å². The van der Waals surface area contributed by atoms with Crippen LogP contribution < -0.4 is 10.0 Å². The fourth-order valence-corrected chi connectivity index (χ4v) is 9.30. The molecule has 1 fully saturated rings. The number of morpholine rings is 1. The first-order valence-electron chi connectivity index (χ1n) is 14.0. The summed E-state index contributed by atoms with van der Waals surface area (Å²) in [4.78, 5) is 29.5. The Kier molecular flexibility index (Phi) is 8.76. The predicted octanol–water partition coefficient (Wildman–Crippen LogP) is 2.79. The van der Waals surface area contributed by atoms with E-state index in [9.17, 15) is 26.4 Å². The molecule has 1 aromatic heterocycles. The number of nitrogens with zero attached hydrogens (tertiary/aromatic N) is 2. The lowest BCUT2D eigenvalue weighted by Gasteiger charge is -2.38. The number of hydrogen-bond acceptors (Lipinski definition) is 10. The summed E-state index contributed by atoms with van der Waals surface area (Å²) in [6.07, 6.45) is 1.25. The summed E-state index contributed by atoms with van der Waals surface area (Å²) in [5, 5.41) is 4.70. The standard InChI is InChI=1S/C28H36N4O7S3/c1-18(2)8-9-28(3)21-7-5-4-6-20(21)23(33)22(25(28)34)26-30-27-24(42(37,38)31-26)19(17-40-27)16-29-41(35,36)15-12-32-10-13-39-14-11-32/h4-7,17-18,22,29H,8-16H2,1-3H3,(H,30,31)/t22?,28-/m1/s1. The molecule has 228 valence electrons. The van der Waals surface area contributed by atoms with Gasteiger partial charge in [0.25, 0.3) is 10.0 Å². The monoisotopic (exact) mass is 636 g/mol. The van der Waals surface area contributed by atoms with Gasteiger partial charge in [-0.2, -0.15) is 8.42 Å². The first-order chi connectivity index (χ1) is 19.8. The molecular formula is C28H36N4O7S3. The smallest absolute Gasteiger partial charge is 0.287 e. The van der Waals surface area contributed by atoms with Crippen molar-refractivity contribution in [3.05, 3.63) is 46.3 Å². The minimum Gasteiger partial charge on any atom is -0.379 e. The van der Waals surface area contributed by atoms with Crippen LogP contribution in [0.3, 0.4) is 0 Å². The van der Waals surface area contributed by atoms with Crippen LogP contribution in [0.25, 0.3) is 0 Å². The molecule has 14 heteroatoms. The minimum atomic E-state index is -4.34. The number of ketones is 2. The molecule has 0 bridgehead atoms. The summed E-state index contributed by atoms with van der Waals surface area (Å²) in [6.45, 7) is 8.48. The average Bonchev–Trinajstić information content (AvgIpc) is 3.38. The van der Waals surface area contributed by atoms with Crippen LogP contribution >= 0.6 is 11.3 Å². The third-order valence-electron chi connectivity index (χ3n) is 8.15. The van der Waals surface area contributed by atoms with Crippen LogP contribution in [0.15, 0.2) is 38.9 Å². The fourth-order valence-electron chi connectivity index (χ4n) is 5.64. The molecule has 2 aliphatic heterocycles. The highest BCUT2D eigenvalue weighted by atomic mass is 32.2. The molecule has 0 radical (unpaired) electrons. The Bertz CT molecular complexity index is 1630. The molecule has 3 heterocycles. The van der Waals surface area contributed by atoms with Gasteiger partial charge in [-0.1, -0.05) is 38.1 Å². The molecule has 0 amide bonds. The summed E-state index contributed by atoms with van der Waals surface area (Å²) in [5.74, 6) is -2.30. The summed E-state index contributed by atoms with van der Waals surface area (Å²) in [6, 6.07) is 6.98. The van der Waals surface area contributed by atoms with Crippen LogP contribution in [-0.4, -0.2) is 77.7 Å². The van der Waals surface area contributed by atoms with Crippen LogP contribution in [0.2, 0.25) is 0 Å². The molecule has 1 aliphatic carbocycles. The predicted molar refractivity (Wildman–Crippen MR) is 161 cm³/mol. The normalized spacial score (nSPS) is 24.2. The molecule has 1 unspecified atom stereocenters. The van der Waals surface area contributed by atoms with Crippen molar-refractivity contribution in [2.75, 3.05) is 43.9 Å². The summed E-state index contributed by atoms with van der Waals surface area (Å²) >= 11 is 1.06. The lowest BCUT2D eigenvalue weighted by atomic mass is 9.63. The Hall–Kier alpha value is -2.49. The van der Waals surface area contributed by atoms with E-state index in [4.69, 9.17) is 4.74 Å². The quantitative estimate of drug-likeness (QED) is 0.375. The third-order valence-corrected chi connectivity index (χ3v) is 11.9. The number of Topliss-reactive ketones (excluding diaryl/α,β-unsaturated/α-hetero) is 2. The zero-order chi connectivity index (χ0) is 30.3. The van der Waals surface area contributed by atoms with Gasteiger partial charge in [0, 0.05) is 37.3 Å². The van der Waals surface area contributed by atoms with Gasteiger partial charge < -0.3 is 10.1 Å². The van der Waals surface area contributed by atoms with Gasteiger partial charge in [0.2, 0.25) is 10.0 Å². The van der Waals surface area contributed by atoms with E-state index in [2.05, 4.69) is 28.3 Å². The Morgan fingerprint density at radius 3 is 2.64 bits per heavy atom. The molecule has 3 aliphatic rings. The van der Waals surface area contributed by atoms with Gasteiger partial charge in [0.1, 0.15) is 21.7 Å². The van der Waals surface area contributed by atoms with Crippen molar-refractivity contribution in [2.45, 2.75) is 50.5 Å². The van der Waals surface area contributed by atoms with Crippen LogP contribution in [0.1, 0.15) is 55.1 Å². The number of ether oxygens (including phenoxy) is 1. The third kappa shape index (κ3) is 6.10. The molecular weight excluding hydrogens is 601 g/mol. The maximum absolute atomic E-state index is 14.0. The minimum absolute atomic E-state index is 0.129. The molecule has 1 saturated heterocycles. The molecule has 11 nitrogen and oxygen atoms in total. The largest absolute Gasteiger partial charge is 0.379 e. The number of hydrogen-bond donors (Lipinski definition) is 2. The molecule has 2 N–H and O–H groups in total. The molecule has 2 atom stereocenters. The van der Waals surface area contributed by atoms with Crippen molar-refractivity contribution in [3.8, 4) is 0 Å². The van der Waals surface area contributed by atoms with Crippen molar-refractivity contribution in [1.82, 2.24) is 9.62 Å². The van der Waals surface area contributed by atoms with E-state index in [1.807, 2.05) is 11.8 Å². The lowest BCUT2D eigenvalue weighted by molar-refractivity contribution is -0.125. The van der Waals surface area contributed by atoms with Gasteiger partial charge in [0.15, 0.2) is 11.6 Å². The average molecular weight is 637 g/mol. The molecule has 5 rings (SSSR count). The van der Waals surface area contributed by atoms with E-state index >= 15 is 0 Å². The van der Waals surface area contributed by atoms with E-state index in [1.165, 1.54) is 0 Å². The highest BCUT2D eigenvalue weighted by Gasteiger charge is 2.51. The van der Waals surface area contributed by atoms with E-state index < -0.39 is 37.2 Å². The van der Waals surface area contributed by atoms with E-state index in [0.29, 0.717) is 56.3 Å². The summed E-state index contributed by atoms with van der Waals surface area (Å²) in [7, 11) is -8.02. The number of carbonyl (C=O) groups excluding carboxylic acids is 2. The number of anilines is 1. The molecule has 2 aromatic rings. The Morgan fingerprint density at radius 2 is 1.93 bits per heavy atom. The van der Waals surface area contributed by atoms with Crippen molar-refractivity contribution >= 4 is 53.8 Å². The van der Waals surface area contributed by atoms with Gasteiger partial charge in [-0.15, -0.1) is 15.7 Å². The molecule has 42 heavy (non-hydrogen) atoms. The molecule has 0 saturated carbocycles. The maximum Gasteiger partial charge on any atom is 0.287 e. The first-order valence-corrected chi connectivity index (χ1v) is 18.0. The number of fused-ring (bicyclic) bond motifs is 2. The number of rotatable bonds is 10. The summed E-state index contributed by atoms with van der Waals surface area (Å²) in [5.41, 5.74) is 0.289.